The van der Waals surface area contributed by atoms with Gasteiger partial charge in [-0.1, -0.05) is 260 Å². The molecule has 6 heteroatoms. The lowest BCUT2D eigenvalue weighted by molar-refractivity contribution is -0.167. The van der Waals surface area contributed by atoms with Crippen molar-refractivity contribution in [2.45, 2.75) is 309 Å². The fourth-order valence-corrected chi connectivity index (χ4v) is 8.70. The summed E-state index contributed by atoms with van der Waals surface area (Å²) in [4.78, 5) is 38.2. The number of carbonyl (C=O) groups is 3. The molecule has 0 aliphatic rings. The van der Waals surface area contributed by atoms with Crippen LogP contribution in [-0.2, 0) is 28.6 Å². The molecule has 0 N–H and O–H groups in total. The molecule has 0 aromatic carbocycles. The maximum Gasteiger partial charge on any atom is 0.306 e. The second kappa shape index (κ2) is 61.1. The molecule has 0 aliphatic carbocycles. The lowest BCUT2D eigenvalue weighted by Gasteiger charge is -2.18. The third-order valence-electron chi connectivity index (χ3n) is 13.3. The maximum atomic E-state index is 12.9. The molecule has 0 fully saturated rings. The number of unbranched alkanes of at least 4 members (excludes halogenated alkanes) is 31. The lowest BCUT2D eigenvalue weighted by atomic mass is 10.0. The molecule has 1 unspecified atom stereocenters. The second-order valence-corrected chi connectivity index (χ2v) is 20.6. The summed E-state index contributed by atoms with van der Waals surface area (Å²) in [7, 11) is 0. The maximum absolute atomic E-state index is 12.9. The molecule has 0 aromatic heterocycles. The van der Waals surface area contributed by atoms with E-state index in [2.05, 4.69) is 106 Å². The Morgan fingerprint density at radius 2 is 0.562 bits per heavy atom. The Kier molecular flexibility index (Phi) is 58.3. The van der Waals surface area contributed by atoms with Crippen molar-refractivity contribution in [3.05, 3.63) is 85.1 Å². The number of carbonyl (C=O) groups excluding carboxylic acids is 3. The van der Waals surface area contributed by atoms with E-state index in [1.54, 1.807) is 0 Å². The monoisotopic (exact) mass is 1020 g/mol. The third kappa shape index (κ3) is 59.3. The number of ether oxygens (including phenoxy) is 3. The van der Waals surface area contributed by atoms with Gasteiger partial charge in [-0.15, -0.1) is 0 Å². The predicted molar refractivity (Wildman–Crippen MR) is 316 cm³/mol. The molecule has 1 atom stereocenters. The molecular formula is C67H116O6. The zero-order valence-corrected chi connectivity index (χ0v) is 48.1. The van der Waals surface area contributed by atoms with E-state index in [9.17, 15) is 14.4 Å². The van der Waals surface area contributed by atoms with Crippen LogP contribution in [0.2, 0.25) is 0 Å². The van der Waals surface area contributed by atoms with Crippen molar-refractivity contribution in [3.63, 3.8) is 0 Å². The van der Waals surface area contributed by atoms with Gasteiger partial charge in [0.1, 0.15) is 13.2 Å². The molecule has 0 saturated carbocycles. The summed E-state index contributed by atoms with van der Waals surface area (Å²) in [5.74, 6) is -0.897. The molecule has 0 rings (SSSR count). The molecular weight excluding hydrogens is 901 g/mol. The Labute approximate surface area is 452 Å². The Hall–Kier alpha value is -3.41. The van der Waals surface area contributed by atoms with Crippen molar-refractivity contribution < 1.29 is 28.6 Å². The summed E-state index contributed by atoms with van der Waals surface area (Å²) in [5, 5.41) is 0. The van der Waals surface area contributed by atoms with Crippen molar-refractivity contribution in [1.82, 2.24) is 0 Å². The lowest BCUT2D eigenvalue weighted by Crippen LogP contribution is -2.30. The van der Waals surface area contributed by atoms with Gasteiger partial charge in [0.2, 0.25) is 0 Å². The van der Waals surface area contributed by atoms with Crippen molar-refractivity contribution in [3.8, 4) is 0 Å². The molecule has 0 amide bonds. The van der Waals surface area contributed by atoms with Crippen LogP contribution in [-0.4, -0.2) is 37.2 Å². The van der Waals surface area contributed by atoms with E-state index < -0.39 is 6.10 Å². The van der Waals surface area contributed by atoms with E-state index in [1.807, 2.05) is 0 Å². The number of esters is 3. The average Bonchev–Trinajstić information content (AvgIpc) is 3.39. The van der Waals surface area contributed by atoms with E-state index in [0.717, 1.165) is 122 Å². The molecule has 0 saturated heterocycles. The molecule has 0 bridgehead atoms. The molecule has 0 heterocycles. The van der Waals surface area contributed by atoms with Gasteiger partial charge in [0.15, 0.2) is 6.10 Å². The Morgan fingerprint density at radius 1 is 0.288 bits per heavy atom. The van der Waals surface area contributed by atoms with Gasteiger partial charge in [-0.05, 0) is 109 Å². The largest absolute Gasteiger partial charge is 0.462 e. The van der Waals surface area contributed by atoms with Gasteiger partial charge in [0, 0.05) is 19.3 Å². The highest BCUT2D eigenvalue weighted by molar-refractivity contribution is 5.71. The van der Waals surface area contributed by atoms with Gasteiger partial charge < -0.3 is 14.2 Å². The summed E-state index contributed by atoms with van der Waals surface area (Å²) < 4.78 is 16.9. The van der Waals surface area contributed by atoms with Crippen LogP contribution in [0.5, 0.6) is 0 Å². The summed E-state index contributed by atoms with van der Waals surface area (Å²) in [6.45, 7) is 6.46. The molecule has 0 radical (unpaired) electrons. The molecule has 0 aromatic rings. The highest BCUT2D eigenvalue weighted by atomic mass is 16.6. The van der Waals surface area contributed by atoms with Crippen LogP contribution in [0.3, 0.4) is 0 Å². The van der Waals surface area contributed by atoms with Crippen molar-refractivity contribution in [2.24, 2.45) is 0 Å². The van der Waals surface area contributed by atoms with Crippen LogP contribution < -0.4 is 0 Å². The van der Waals surface area contributed by atoms with Crippen LogP contribution in [0, 0.1) is 0 Å². The van der Waals surface area contributed by atoms with Gasteiger partial charge in [-0.3, -0.25) is 14.4 Å². The minimum absolute atomic E-state index is 0.0830. The smallest absolute Gasteiger partial charge is 0.306 e. The van der Waals surface area contributed by atoms with Crippen LogP contribution >= 0.6 is 0 Å². The highest BCUT2D eigenvalue weighted by Crippen LogP contribution is 2.16. The topological polar surface area (TPSA) is 78.9 Å². The van der Waals surface area contributed by atoms with Crippen molar-refractivity contribution in [2.75, 3.05) is 13.2 Å². The Morgan fingerprint density at radius 3 is 0.904 bits per heavy atom. The minimum Gasteiger partial charge on any atom is -0.462 e. The number of hydrogen-bond acceptors (Lipinski definition) is 6. The molecule has 6 nitrogen and oxygen atoms in total. The number of rotatable bonds is 56. The molecule has 0 aliphatic heterocycles. The van der Waals surface area contributed by atoms with Crippen molar-refractivity contribution in [1.29, 1.82) is 0 Å². The van der Waals surface area contributed by atoms with Crippen molar-refractivity contribution >= 4 is 17.9 Å². The quantitative estimate of drug-likeness (QED) is 0.0261. The van der Waals surface area contributed by atoms with Crippen LogP contribution in [0.15, 0.2) is 85.1 Å². The van der Waals surface area contributed by atoms with Crippen LogP contribution in [0.1, 0.15) is 303 Å². The van der Waals surface area contributed by atoms with Gasteiger partial charge in [0.05, 0.1) is 0 Å². The SMILES string of the molecule is CC/C=C\C/C=C\C/C=C\C/C=C\CCCCCCCCCCCCCCCCC(=O)OCC(COC(=O)CCCCCCC/C=C\C/C=C\CCC)OC(=O)CCCCCCC/C=C\CCCCCCCC. The van der Waals surface area contributed by atoms with Gasteiger partial charge in [-0.25, -0.2) is 0 Å². The summed E-state index contributed by atoms with van der Waals surface area (Å²) in [6.07, 6.45) is 80.2. The average molecular weight is 1020 g/mol. The minimum atomic E-state index is -0.786. The molecule has 73 heavy (non-hydrogen) atoms. The second-order valence-electron chi connectivity index (χ2n) is 20.6. The van der Waals surface area contributed by atoms with Crippen LogP contribution in [0.4, 0.5) is 0 Å². The standard InChI is InChI=1S/C67H116O6/c1-4-7-10-13-16-19-22-25-27-28-29-30-31-32-33-34-35-36-37-38-40-42-45-48-51-54-57-60-66(69)72-63-64(62-71-65(68)59-56-53-50-47-44-41-24-21-18-15-12-9-6-3)73-67(70)61-58-55-52-49-46-43-39-26-23-20-17-14-11-8-5-2/h7,10,12,15-16,19,21,24-27,29-30,39,64H,4-6,8-9,11,13-14,17-18,20,22-23,28,31-38,40-63H2,1-3H3/b10-7-,15-12-,19-16-,24-21-,27-25-,30-29-,39-26-. The summed E-state index contributed by atoms with van der Waals surface area (Å²) >= 11 is 0. The fourth-order valence-electron chi connectivity index (χ4n) is 8.70. The van der Waals surface area contributed by atoms with Crippen LogP contribution in [0.25, 0.3) is 0 Å². The Bertz CT molecular complexity index is 1400. The predicted octanol–water partition coefficient (Wildman–Crippen LogP) is 21.1. The molecule has 0 spiro atoms. The van der Waals surface area contributed by atoms with E-state index in [-0.39, 0.29) is 31.1 Å². The summed E-state index contributed by atoms with van der Waals surface area (Å²) in [5.41, 5.74) is 0. The van der Waals surface area contributed by atoms with Gasteiger partial charge in [0.25, 0.3) is 0 Å². The normalized spacial score (nSPS) is 12.6. The first kappa shape index (κ1) is 69.6. The third-order valence-corrected chi connectivity index (χ3v) is 13.3. The first-order chi connectivity index (χ1) is 36.0. The Balaban J connectivity index is 4.26. The van der Waals surface area contributed by atoms with E-state index in [0.29, 0.717) is 19.3 Å². The first-order valence-corrected chi connectivity index (χ1v) is 31.1. The van der Waals surface area contributed by atoms with E-state index >= 15 is 0 Å². The zero-order chi connectivity index (χ0) is 52.9. The van der Waals surface area contributed by atoms with Gasteiger partial charge >= 0.3 is 17.9 Å². The van der Waals surface area contributed by atoms with E-state index in [1.165, 1.54) is 141 Å². The highest BCUT2D eigenvalue weighted by Gasteiger charge is 2.19. The summed E-state index contributed by atoms with van der Waals surface area (Å²) in [6, 6.07) is 0. The van der Waals surface area contributed by atoms with Gasteiger partial charge in [-0.2, -0.15) is 0 Å². The zero-order valence-electron chi connectivity index (χ0n) is 48.1. The van der Waals surface area contributed by atoms with E-state index in [4.69, 9.17) is 14.2 Å². The first-order valence-electron chi connectivity index (χ1n) is 31.1. The number of hydrogen-bond donors (Lipinski definition) is 0. The number of allylic oxidation sites excluding steroid dienone is 14. The fraction of sp³-hybridized carbons (Fsp3) is 0.746. The molecule has 420 valence electrons.